The second-order valence-corrected chi connectivity index (χ2v) is 12.6. The van der Waals surface area contributed by atoms with Crippen molar-refractivity contribution in [3.05, 3.63) is 49.6 Å². The molecule has 0 radical (unpaired) electrons. The van der Waals surface area contributed by atoms with E-state index in [1.165, 1.54) is 4.90 Å². The van der Waals surface area contributed by atoms with Gasteiger partial charge in [0.15, 0.2) is 0 Å². The van der Waals surface area contributed by atoms with Crippen molar-refractivity contribution in [1.29, 1.82) is 0 Å². The monoisotopic (exact) mass is 645 g/mol. The molecule has 1 aromatic carbocycles. The van der Waals surface area contributed by atoms with Crippen molar-refractivity contribution in [2.24, 2.45) is 11.8 Å². The number of benzene rings is 1. The highest BCUT2D eigenvalue weighted by molar-refractivity contribution is 9.09. The Morgan fingerprint density at radius 3 is 2.48 bits per heavy atom. The van der Waals surface area contributed by atoms with Crippen LogP contribution < -0.4 is 9.64 Å². The first-order valence-electron chi connectivity index (χ1n) is 15.0. The number of carbonyl (C=O) groups is 3. The minimum atomic E-state index is -1.19. The number of rotatable bonds is 15. The van der Waals surface area contributed by atoms with E-state index in [0.717, 1.165) is 19.3 Å². The number of aliphatic hydroxyl groups excluding tert-OH is 1. The summed E-state index contributed by atoms with van der Waals surface area (Å²) >= 11 is 3.74. The zero-order valence-electron chi connectivity index (χ0n) is 24.9. The molecular weight excluding hydrogens is 602 g/mol. The molecule has 1 aromatic rings. The van der Waals surface area contributed by atoms with Gasteiger partial charge in [0.1, 0.15) is 17.4 Å². The third kappa shape index (κ3) is 5.65. The van der Waals surface area contributed by atoms with Gasteiger partial charge in [-0.05, 0) is 51.0 Å². The van der Waals surface area contributed by atoms with Crippen LogP contribution in [-0.4, -0.2) is 94.1 Å². The van der Waals surface area contributed by atoms with Gasteiger partial charge in [-0.3, -0.25) is 14.4 Å². The molecule has 4 rings (SSSR count). The number of nitrogens with zero attached hydrogens (tertiary/aromatic N) is 3. The highest BCUT2D eigenvalue weighted by atomic mass is 79.9. The fraction of sp³-hybridized carbons (Fsp3) is 0.594. The van der Waals surface area contributed by atoms with Gasteiger partial charge < -0.3 is 29.3 Å². The molecule has 0 aliphatic carbocycles. The van der Waals surface area contributed by atoms with Crippen LogP contribution in [-0.2, 0) is 19.1 Å². The number of hydrogen-bond donors (Lipinski definition) is 1. The summed E-state index contributed by atoms with van der Waals surface area (Å²) in [6.45, 7) is 14.7. The molecule has 3 amide bonds. The van der Waals surface area contributed by atoms with Crippen molar-refractivity contribution in [2.45, 2.75) is 75.1 Å². The van der Waals surface area contributed by atoms with Crippen LogP contribution in [0, 0.1) is 11.8 Å². The Balaban J connectivity index is 1.74. The highest BCUT2D eigenvalue weighted by Gasteiger charge is 2.77. The van der Waals surface area contributed by atoms with Gasteiger partial charge in [0, 0.05) is 30.1 Å². The van der Waals surface area contributed by atoms with Gasteiger partial charge in [0.2, 0.25) is 17.7 Å². The number of aliphatic hydroxyl groups is 1. The molecule has 0 aromatic heterocycles. The van der Waals surface area contributed by atoms with Gasteiger partial charge in [0.05, 0.1) is 37.2 Å². The molecule has 7 atom stereocenters. The summed E-state index contributed by atoms with van der Waals surface area (Å²) < 4.78 is 12.2. The molecule has 1 spiro atoms. The Hall–Kier alpha value is -2.69. The summed E-state index contributed by atoms with van der Waals surface area (Å²) in [6, 6.07) is 5.65. The molecule has 3 saturated heterocycles. The molecular formula is C32H44BrN3O6. The van der Waals surface area contributed by atoms with Gasteiger partial charge in [-0.2, -0.15) is 0 Å². The molecule has 0 saturated carbocycles. The number of ether oxygens (including phenoxy) is 2. The average Bonchev–Trinajstić information content (AvgIpc) is 3.58. The van der Waals surface area contributed by atoms with Crippen molar-refractivity contribution < 1.29 is 29.0 Å². The van der Waals surface area contributed by atoms with Crippen molar-refractivity contribution >= 4 is 39.3 Å². The topological polar surface area (TPSA) is 99.6 Å². The number of unbranched alkanes of at least 4 members (excludes halogenated alkanes) is 2. The molecule has 42 heavy (non-hydrogen) atoms. The summed E-state index contributed by atoms with van der Waals surface area (Å²) in [5.41, 5.74) is -0.544. The SMILES string of the molecule is C=CCN(CCCCC)C(=O)C1N([C@H](C)CO)C(=O)[C@@H]2[C@H](C(=O)N(CC=C)c3ccc(OCC)cc3)[C@H]3OC12CC3Br. The Morgan fingerprint density at radius 1 is 1.19 bits per heavy atom. The summed E-state index contributed by atoms with van der Waals surface area (Å²) in [5, 5.41) is 10.2. The number of halogens is 1. The van der Waals surface area contributed by atoms with Gasteiger partial charge in [-0.15, -0.1) is 13.2 Å². The van der Waals surface area contributed by atoms with Crippen LogP contribution >= 0.6 is 15.9 Å². The lowest BCUT2D eigenvalue weighted by molar-refractivity contribution is -0.150. The Labute approximate surface area is 257 Å². The quantitative estimate of drug-likeness (QED) is 0.176. The van der Waals surface area contributed by atoms with Crippen molar-refractivity contribution in [2.75, 3.05) is 37.7 Å². The molecule has 9 nitrogen and oxygen atoms in total. The van der Waals surface area contributed by atoms with Crippen LogP contribution in [0.5, 0.6) is 5.75 Å². The molecule has 3 aliphatic heterocycles. The molecule has 3 unspecified atom stereocenters. The van der Waals surface area contributed by atoms with Crippen LogP contribution in [0.1, 0.15) is 46.5 Å². The predicted molar refractivity (Wildman–Crippen MR) is 166 cm³/mol. The highest BCUT2D eigenvalue weighted by Crippen LogP contribution is 2.61. The Bertz CT molecular complexity index is 1160. The van der Waals surface area contributed by atoms with Gasteiger partial charge in [-0.1, -0.05) is 47.8 Å². The predicted octanol–water partition coefficient (Wildman–Crippen LogP) is 3.94. The third-order valence-electron chi connectivity index (χ3n) is 8.72. The number of likely N-dealkylation sites (tertiary alicyclic amines) is 1. The van der Waals surface area contributed by atoms with Crippen LogP contribution in [0.25, 0.3) is 0 Å². The smallest absolute Gasteiger partial charge is 0.248 e. The van der Waals surface area contributed by atoms with E-state index >= 15 is 0 Å². The standard InChI is InChI=1S/C32H44BrN3O6/c1-6-10-11-18-34(16-7-2)31(40)28-32-19-24(33)27(42-32)25(26(32)30(39)36(28)21(5)20-37)29(38)35(17-8-3)22-12-14-23(15-13-22)41-9-4/h7-8,12-15,21,24-28,37H,2-3,6,9-11,16-20H2,1,4-5H3/t21-,24?,25+,26+,27+,28?,32?/m1/s1. The van der Waals surface area contributed by atoms with E-state index in [1.54, 1.807) is 41.0 Å². The molecule has 1 N–H and O–H groups in total. The minimum absolute atomic E-state index is 0.228. The lowest BCUT2D eigenvalue weighted by atomic mass is 9.70. The lowest BCUT2D eigenvalue weighted by Crippen LogP contribution is -2.58. The fourth-order valence-electron chi connectivity index (χ4n) is 6.88. The average molecular weight is 647 g/mol. The van der Waals surface area contributed by atoms with Gasteiger partial charge in [-0.25, -0.2) is 0 Å². The first kappa shape index (κ1) is 32.2. The fourth-order valence-corrected chi connectivity index (χ4v) is 7.83. The Morgan fingerprint density at radius 2 is 1.88 bits per heavy atom. The summed E-state index contributed by atoms with van der Waals surface area (Å²) in [4.78, 5) is 47.7. The van der Waals surface area contributed by atoms with E-state index in [2.05, 4.69) is 36.0 Å². The Kier molecular flexibility index (Phi) is 10.5. The van der Waals surface area contributed by atoms with Crippen LogP contribution in [0.2, 0.25) is 0 Å². The molecule has 10 heteroatoms. The van der Waals surface area contributed by atoms with Crippen LogP contribution in [0.3, 0.4) is 0 Å². The second-order valence-electron chi connectivity index (χ2n) is 11.4. The molecule has 3 heterocycles. The van der Waals surface area contributed by atoms with Gasteiger partial charge >= 0.3 is 0 Å². The zero-order chi connectivity index (χ0) is 30.6. The number of alkyl halides is 1. The van der Waals surface area contributed by atoms with Crippen molar-refractivity contribution in [1.82, 2.24) is 9.80 Å². The summed E-state index contributed by atoms with van der Waals surface area (Å²) in [6.07, 6.45) is 5.96. The van der Waals surface area contributed by atoms with E-state index in [1.807, 2.05) is 19.1 Å². The first-order chi connectivity index (χ1) is 20.2. The normalized spacial score (nSPS) is 28.4. The number of fused-ring (bicyclic) bond motifs is 1. The first-order valence-corrected chi connectivity index (χ1v) is 15.9. The van der Waals surface area contributed by atoms with Crippen molar-refractivity contribution in [3.8, 4) is 5.75 Å². The molecule has 2 bridgehead atoms. The maximum atomic E-state index is 14.4. The second kappa shape index (κ2) is 13.7. The van der Waals surface area contributed by atoms with Crippen LogP contribution in [0.15, 0.2) is 49.6 Å². The largest absolute Gasteiger partial charge is 0.494 e. The van der Waals surface area contributed by atoms with E-state index in [0.29, 0.717) is 37.6 Å². The summed E-state index contributed by atoms with van der Waals surface area (Å²) in [5.74, 6) is -1.80. The maximum Gasteiger partial charge on any atom is 0.248 e. The van der Waals surface area contributed by atoms with E-state index in [9.17, 15) is 19.5 Å². The number of hydrogen-bond acceptors (Lipinski definition) is 6. The molecule has 3 aliphatic rings. The summed E-state index contributed by atoms with van der Waals surface area (Å²) in [7, 11) is 0. The zero-order valence-corrected chi connectivity index (χ0v) is 26.5. The maximum absolute atomic E-state index is 14.4. The molecule has 230 valence electrons. The van der Waals surface area contributed by atoms with E-state index in [-0.39, 0.29) is 35.7 Å². The van der Waals surface area contributed by atoms with E-state index < -0.39 is 35.6 Å². The third-order valence-corrected chi connectivity index (χ3v) is 9.56. The van der Waals surface area contributed by atoms with Gasteiger partial charge in [0.25, 0.3) is 0 Å². The molecule has 3 fully saturated rings. The number of anilines is 1. The minimum Gasteiger partial charge on any atom is -0.494 e. The van der Waals surface area contributed by atoms with E-state index in [4.69, 9.17) is 9.47 Å². The van der Waals surface area contributed by atoms with Crippen LogP contribution in [0.4, 0.5) is 5.69 Å². The number of carbonyl (C=O) groups excluding carboxylic acids is 3. The number of amides is 3. The lowest BCUT2D eigenvalue weighted by Gasteiger charge is -2.38. The van der Waals surface area contributed by atoms with Crippen molar-refractivity contribution in [3.63, 3.8) is 0 Å².